The Morgan fingerprint density at radius 1 is 1.40 bits per heavy atom. The van der Waals surface area contributed by atoms with Crippen molar-refractivity contribution in [2.24, 2.45) is 5.92 Å². The van der Waals surface area contributed by atoms with Gasteiger partial charge in [0, 0.05) is 43.4 Å². The van der Waals surface area contributed by atoms with Gasteiger partial charge in [0.05, 0.1) is 17.6 Å². The van der Waals surface area contributed by atoms with Gasteiger partial charge in [-0.15, -0.1) is 0 Å². The number of nitriles is 1. The smallest absolute Gasteiger partial charge is 0.233 e. The number of amides is 1. The van der Waals surface area contributed by atoms with Crippen LogP contribution in [0, 0.1) is 17.2 Å². The van der Waals surface area contributed by atoms with Gasteiger partial charge < -0.3 is 15.5 Å². The van der Waals surface area contributed by atoms with E-state index in [2.05, 4.69) is 33.5 Å². The lowest BCUT2D eigenvalue weighted by atomic mass is 9.94. The van der Waals surface area contributed by atoms with Crippen molar-refractivity contribution in [3.05, 3.63) is 36.0 Å². The molecule has 2 N–H and O–H groups in total. The number of carbonyl (C=O) groups excluding carboxylic acids is 1. The second-order valence-electron chi connectivity index (χ2n) is 6.64. The van der Waals surface area contributed by atoms with Crippen molar-refractivity contribution < 1.29 is 4.79 Å². The van der Waals surface area contributed by atoms with Crippen LogP contribution in [0.15, 0.2) is 30.5 Å². The van der Waals surface area contributed by atoms with Gasteiger partial charge in [-0.2, -0.15) is 5.26 Å². The average Bonchev–Trinajstić information content (AvgIpc) is 2.64. The van der Waals surface area contributed by atoms with Crippen molar-refractivity contribution in [2.45, 2.75) is 19.4 Å². The molecule has 6 nitrogen and oxygen atoms in total. The fourth-order valence-electron chi connectivity index (χ4n) is 3.55. The number of pyridine rings is 1. The SMILES string of the molecule is CNC(=O)CNC1CC(C)CN(c2ccc(C#N)c3ncccc23)C1. The number of piperidine rings is 1. The highest BCUT2D eigenvalue weighted by atomic mass is 16.1. The van der Waals surface area contributed by atoms with Crippen LogP contribution in [0.5, 0.6) is 0 Å². The molecule has 2 aromatic rings. The average molecular weight is 337 g/mol. The number of benzene rings is 1. The summed E-state index contributed by atoms with van der Waals surface area (Å²) in [4.78, 5) is 18.2. The summed E-state index contributed by atoms with van der Waals surface area (Å²) in [6.07, 6.45) is 2.76. The van der Waals surface area contributed by atoms with E-state index in [9.17, 15) is 10.1 Å². The number of hydrogen-bond donors (Lipinski definition) is 2. The maximum atomic E-state index is 11.5. The second-order valence-corrected chi connectivity index (χ2v) is 6.64. The molecule has 0 saturated carbocycles. The molecular weight excluding hydrogens is 314 g/mol. The Hall–Kier alpha value is -2.65. The lowest BCUT2D eigenvalue weighted by Crippen LogP contribution is -2.50. The largest absolute Gasteiger partial charge is 0.369 e. The number of anilines is 1. The van der Waals surface area contributed by atoms with Crippen LogP contribution in [-0.4, -0.2) is 43.6 Å². The first kappa shape index (κ1) is 17.2. The van der Waals surface area contributed by atoms with Crippen LogP contribution < -0.4 is 15.5 Å². The first-order valence-electron chi connectivity index (χ1n) is 8.59. The molecule has 25 heavy (non-hydrogen) atoms. The second kappa shape index (κ2) is 7.49. The summed E-state index contributed by atoms with van der Waals surface area (Å²) in [5.74, 6) is 0.510. The fraction of sp³-hybridized carbons (Fsp3) is 0.421. The van der Waals surface area contributed by atoms with E-state index in [0.717, 1.165) is 36.1 Å². The molecule has 130 valence electrons. The molecule has 6 heteroatoms. The molecule has 1 fully saturated rings. The van der Waals surface area contributed by atoms with E-state index in [1.165, 1.54) is 0 Å². The molecule has 1 aliphatic rings. The van der Waals surface area contributed by atoms with Crippen molar-refractivity contribution in [1.29, 1.82) is 5.26 Å². The minimum absolute atomic E-state index is 0.00204. The van der Waals surface area contributed by atoms with Gasteiger partial charge in [-0.1, -0.05) is 6.92 Å². The van der Waals surface area contributed by atoms with E-state index in [0.29, 0.717) is 18.0 Å². The molecule has 2 heterocycles. The number of carbonyl (C=O) groups is 1. The molecule has 2 atom stereocenters. The van der Waals surface area contributed by atoms with Crippen LogP contribution in [0.25, 0.3) is 10.9 Å². The van der Waals surface area contributed by atoms with Crippen LogP contribution in [0.1, 0.15) is 18.9 Å². The number of rotatable bonds is 4. The third-order valence-corrected chi connectivity index (χ3v) is 4.70. The first-order chi connectivity index (χ1) is 12.1. The molecule has 1 aromatic carbocycles. The molecule has 0 spiro atoms. The van der Waals surface area contributed by atoms with Crippen molar-refractivity contribution in [1.82, 2.24) is 15.6 Å². The van der Waals surface area contributed by atoms with Gasteiger partial charge in [0.2, 0.25) is 5.91 Å². The predicted molar refractivity (Wildman–Crippen MR) is 98.3 cm³/mol. The van der Waals surface area contributed by atoms with Gasteiger partial charge in [-0.3, -0.25) is 9.78 Å². The van der Waals surface area contributed by atoms with Crippen LogP contribution in [0.2, 0.25) is 0 Å². The number of likely N-dealkylation sites (N-methyl/N-ethyl adjacent to an activating group) is 1. The Labute approximate surface area is 147 Å². The van der Waals surface area contributed by atoms with Crippen molar-refractivity contribution in [3.8, 4) is 6.07 Å². The van der Waals surface area contributed by atoms with E-state index in [1.807, 2.05) is 24.3 Å². The highest BCUT2D eigenvalue weighted by Crippen LogP contribution is 2.31. The number of hydrogen-bond acceptors (Lipinski definition) is 5. The highest BCUT2D eigenvalue weighted by Gasteiger charge is 2.26. The lowest BCUT2D eigenvalue weighted by Gasteiger charge is -2.38. The first-order valence-corrected chi connectivity index (χ1v) is 8.59. The summed E-state index contributed by atoms with van der Waals surface area (Å²) in [7, 11) is 1.65. The normalized spacial score (nSPS) is 20.3. The number of nitrogens with one attached hydrogen (secondary N) is 2. The highest BCUT2D eigenvalue weighted by molar-refractivity contribution is 5.95. The Kier molecular flexibility index (Phi) is 5.15. The molecule has 2 unspecified atom stereocenters. The zero-order chi connectivity index (χ0) is 17.8. The molecule has 1 aliphatic heterocycles. The Morgan fingerprint density at radius 3 is 3.00 bits per heavy atom. The van der Waals surface area contributed by atoms with E-state index < -0.39 is 0 Å². The molecule has 1 amide bonds. The van der Waals surface area contributed by atoms with Gasteiger partial charge >= 0.3 is 0 Å². The Bertz CT molecular complexity index is 813. The number of nitrogens with zero attached hydrogens (tertiary/aromatic N) is 3. The minimum Gasteiger partial charge on any atom is -0.369 e. The van der Waals surface area contributed by atoms with Gasteiger partial charge in [0.25, 0.3) is 0 Å². The van der Waals surface area contributed by atoms with E-state index in [4.69, 9.17) is 0 Å². The lowest BCUT2D eigenvalue weighted by molar-refractivity contribution is -0.119. The van der Waals surface area contributed by atoms with Crippen LogP contribution in [0.3, 0.4) is 0 Å². The summed E-state index contributed by atoms with van der Waals surface area (Å²) >= 11 is 0. The van der Waals surface area contributed by atoms with Crippen LogP contribution in [0.4, 0.5) is 5.69 Å². The topological polar surface area (TPSA) is 81.0 Å². The van der Waals surface area contributed by atoms with Crippen LogP contribution >= 0.6 is 0 Å². The van der Waals surface area contributed by atoms with Crippen molar-refractivity contribution in [2.75, 3.05) is 31.6 Å². The fourth-order valence-corrected chi connectivity index (χ4v) is 3.55. The standard InChI is InChI=1S/C19H23N5O/c1-13-8-15(23-10-18(25)21-2)12-24(11-13)17-6-5-14(9-20)19-16(17)4-3-7-22-19/h3-7,13,15,23H,8,10-12H2,1-2H3,(H,21,25). The summed E-state index contributed by atoms with van der Waals surface area (Å²) in [5.41, 5.74) is 2.44. The quantitative estimate of drug-likeness (QED) is 0.887. The molecule has 0 bridgehead atoms. The molecule has 1 saturated heterocycles. The van der Waals surface area contributed by atoms with Crippen molar-refractivity contribution >= 4 is 22.5 Å². The maximum Gasteiger partial charge on any atom is 0.233 e. The van der Waals surface area contributed by atoms with Gasteiger partial charge in [-0.25, -0.2) is 0 Å². The predicted octanol–water partition coefficient (Wildman–Crippen LogP) is 1.66. The molecule has 3 rings (SSSR count). The zero-order valence-corrected chi connectivity index (χ0v) is 14.6. The number of fused-ring (bicyclic) bond motifs is 1. The molecule has 1 aromatic heterocycles. The Balaban J connectivity index is 1.87. The molecule has 0 radical (unpaired) electrons. The third-order valence-electron chi connectivity index (χ3n) is 4.70. The van der Waals surface area contributed by atoms with Gasteiger partial charge in [0.15, 0.2) is 0 Å². The molecule has 0 aliphatic carbocycles. The third kappa shape index (κ3) is 3.72. The van der Waals surface area contributed by atoms with Crippen LogP contribution in [-0.2, 0) is 4.79 Å². The van der Waals surface area contributed by atoms with E-state index in [1.54, 1.807) is 13.2 Å². The van der Waals surface area contributed by atoms with E-state index in [-0.39, 0.29) is 11.9 Å². The summed E-state index contributed by atoms with van der Waals surface area (Å²) in [6.45, 7) is 4.34. The van der Waals surface area contributed by atoms with Gasteiger partial charge in [-0.05, 0) is 36.6 Å². The van der Waals surface area contributed by atoms with Gasteiger partial charge in [0.1, 0.15) is 6.07 Å². The number of aromatic nitrogens is 1. The molecular formula is C19H23N5O. The monoisotopic (exact) mass is 337 g/mol. The Morgan fingerprint density at radius 2 is 2.24 bits per heavy atom. The summed E-state index contributed by atoms with van der Waals surface area (Å²) in [5, 5.41) is 16.3. The zero-order valence-electron chi connectivity index (χ0n) is 14.6. The minimum atomic E-state index is -0.00204. The summed E-state index contributed by atoms with van der Waals surface area (Å²) < 4.78 is 0. The van der Waals surface area contributed by atoms with Crippen molar-refractivity contribution in [3.63, 3.8) is 0 Å². The maximum absolute atomic E-state index is 11.5. The van der Waals surface area contributed by atoms with E-state index >= 15 is 0 Å². The summed E-state index contributed by atoms with van der Waals surface area (Å²) in [6, 6.07) is 10.2.